The summed E-state index contributed by atoms with van der Waals surface area (Å²) in [6, 6.07) is 7.56. The number of fused-ring (bicyclic) bond motifs is 1. The van der Waals surface area contributed by atoms with Crippen LogP contribution >= 0.6 is 0 Å². The van der Waals surface area contributed by atoms with Crippen LogP contribution in [-0.4, -0.2) is 57.5 Å². The summed E-state index contributed by atoms with van der Waals surface area (Å²) >= 11 is 0. The van der Waals surface area contributed by atoms with E-state index in [0.717, 1.165) is 47.2 Å². The summed E-state index contributed by atoms with van der Waals surface area (Å²) in [5, 5.41) is 15.1. The fourth-order valence-electron chi connectivity index (χ4n) is 4.45. The van der Waals surface area contributed by atoms with E-state index in [4.69, 9.17) is 0 Å². The van der Waals surface area contributed by atoms with Gasteiger partial charge in [-0.05, 0) is 24.6 Å². The number of anilines is 1. The molecule has 2 atom stereocenters. The highest BCUT2D eigenvalue weighted by Gasteiger charge is 2.32. The summed E-state index contributed by atoms with van der Waals surface area (Å²) in [6.07, 6.45) is 10.9. The van der Waals surface area contributed by atoms with Gasteiger partial charge in [0, 0.05) is 60.5 Å². The van der Waals surface area contributed by atoms with Crippen molar-refractivity contribution in [1.29, 1.82) is 5.26 Å². The summed E-state index contributed by atoms with van der Waals surface area (Å²) in [7, 11) is -3.38. The van der Waals surface area contributed by atoms with Gasteiger partial charge in [-0.25, -0.2) is 23.4 Å². The molecule has 168 valence electrons. The molecule has 0 amide bonds. The van der Waals surface area contributed by atoms with E-state index in [-0.39, 0.29) is 17.0 Å². The van der Waals surface area contributed by atoms with Crippen molar-refractivity contribution in [2.75, 3.05) is 24.2 Å². The molecule has 2 unspecified atom stereocenters. The molecule has 5 heterocycles. The SMILES string of the molecule is CS(=O)(=O)c1cc(N2CCC(C(CC#N)n3cc(-c4ncnc5[nH]ccc45)cn3)C2)ccn1. The average Bonchev–Trinajstić information content (AvgIpc) is 3.57. The van der Waals surface area contributed by atoms with E-state index >= 15 is 0 Å². The van der Waals surface area contributed by atoms with Crippen molar-refractivity contribution in [3.05, 3.63) is 49.3 Å². The Labute approximate surface area is 190 Å². The first-order valence-electron chi connectivity index (χ1n) is 10.5. The average molecular weight is 463 g/mol. The minimum atomic E-state index is -3.38. The van der Waals surface area contributed by atoms with Gasteiger partial charge < -0.3 is 9.88 Å². The molecular weight excluding hydrogens is 440 g/mol. The second-order valence-electron chi connectivity index (χ2n) is 8.22. The van der Waals surface area contributed by atoms with E-state index in [1.165, 1.54) is 12.5 Å². The molecule has 0 radical (unpaired) electrons. The first-order valence-corrected chi connectivity index (χ1v) is 12.4. The van der Waals surface area contributed by atoms with Crippen molar-refractivity contribution in [2.24, 2.45) is 5.92 Å². The zero-order chi connectivity index (χ0) is 23.0. The van der Waals surface area contributed by atoms with Gasteiger partial charge in [-0.2, -0.15) is 10.4 Å². The lowest BCUT2D eigenvalue weighted by Crippen LogP contribution is -2.25. The Bertz CT molecular complexity index is 1450. The zero-order valence-corrected chi connectivity index (χ0v) is 18.8. The van der Waals surface area contributed by atoms with Crippen LogP contribution in [0, 0.1) is 17.2 Å². The molecule has 1 aliphatic rings. The van der Waals surface area contributed by atoms with E-state index in [2.05, 4.69) is 36.0 Å². The Kier molecular flexibility index (Phi) is 5.30. The summed E-state index contributed by atoms with van der Waals surface area (Å²) < 4.78 is 25.6. The predicted octanol–water partition coefficient (Wildman–Crippen LogP) is 2.60. The lowest BCUT2D eigenvalue weighted by molar-refractivity contribution is 0.332. The second-order valence-corrected chi connectivity index (χ2v) is 10.2. The normalized spacial score (nSPS) is 17.3. The van der Waals surface area contributed by atoms with Crippen molar-refractivity contribution >= 4 is 26.6 Å². The van der Waals surface area contributed by atoms with Crippen LogP contribution in [0.1, 0.15) is 18.9 Å². The number of H-pyrrole nitrogens is 1. The number of pyridine rings is 1. The van der Waals surface area contributed by atoms with Gasteiger partial charge in [0.15, 0.2) is 14.9 Å². The number of nitriles is 1. The van der Waals surface area contributed by atoms with Gasteiger partial charge >= 0.3 is 0 Å². The zero-order valence-electron chi connectivity index (χ0n) is 18.0. The van der Waals surface area contributed by atoms with Gasteiger partial charge in [0.2, 0.25) is 0 Å². The molecule has 0 aliphatic carbocycles. The van der Waals surface area contributed by atoms with Crippen LogP contribution in [0.2, 0.25) is 0 Å². The maximum absolute atomic E-state index is 11.9. The molecule has 0 saturated carbocycles. The van der Waals surface area contributed by atoms with Gasteiger partial charge in [-0.15, -0.1) is 0 Å². The van der Waals surface area contributed by atoms with Crippen LogP contribution in [0.4, 0.5) is 5.69 Å². The second kappa shape index (κ2) is 8.29. The quantitative estimate of drug-likeness (QED) is 0.462. The number of nitrogens with zero attached hydrogens (tertiary/aromatic N) is 7. The first kappa shape index (κ1) is 21.1. The number of aromatic nitrogens is 6. The lowest BCUT2D eigenvalue weighted by atomic mass is 9.96. The minimum absolute atomic E-state index is 0.0645. The monoisotopic (exact) mass is 462 g/mol. The molecule has 1 N–H and O–H groups in total. The molecule has 0 bridgehead atoms. The smallest absolute Gasteiger partial charge is 0.192 e. The molecule has 1 saturated heterocycles. The molecular formula is C22H22N8O2S. The van der Waals surface area contributed by atoms with Crippen LogP contribution in [0.15, 0.2) is 54.3 Å². The number of hydrogen-bond donors (Lipinski definition) is 1. The third-order valence-corrected chi connectivity index (χ3v) is 7.08. The number of aromatic amines is 1. The summed E-state index contributed by atoms with van der Waals surface area (Å²) in [4.78, 5) is 17.9. The highest BCUT2D eigenvalue weighted by molar-refractivity contribution is 7.90. The van der Waals surface area contributed by atoms with Crippen molar-refractivity contribution in [2.45, 2.75) is 23.9 Å². The van der Waals surface area contributed by atoms with Gasteiger partial charge in [-0.3, -0.25) is 4.68 Å². The maximum atomic E-state index is 11.9. The van der Waals surface area contributed by atoms with Gasteiger partial charge in [0.1, 0.15) is 12.0 Å². The highest BCUT2D eigenvalue weighted by atomic mass is 32.2. The van der Waals surface area contributed by atoms with Crippen molar-refractivity contribution < 1.29 is 8.42 Å². The predicted molar refractivity (Wildman–Crippen MR) is 122 cm³/mol. The molecule has 4 aromatic heterocycles. The summed E-state index contributed by atoms with van der Waals surface area (Å²) in [6.45, 7) is 1.47. The highest BCUT2D eigenvalue weighted by Crippen LogP contribution is 2.34. The molecule has 4 aromatic rings. The molecule has 1 fully saturated rings. The van der Waals surface area contributed by atoms with E-state index in [1.54, 1.807) is 12.3 Å². The molecule has 11 heteroatoms. The lowest BCUT2D eigenvalue weighted by Gasteiger charge is -2.23. The summed E-state index contributed by atoms with van der Waals surface area (Å²) in [5.41, 5.74) is 3.24. The third-order valence-electron chi connectivity index (χ3n) is 6.10. The van der Waals surface area contributed by atoms with Crippen LogP contribution in [0.25, 0.3) is 22.3 Å². The largest absolute Gasteiger partial charge is 0.371 e. The Hall–Kier alpha value is -3.78. The number of hydrogen-bond acceptors (Lipinski definition) is 8. The third kappa shape index (κ3) is 4.05. The van der Waals surface area contributed by atoms with Crippen molar-refractivity contribution in [3.8, 4) is 17.3 Å². The molecule has 0 spiro atoms. The van der Waals surface area contributed by atoms with Gasteiger partial charge in [0.05, 0.1) is 30.4 Å². The van der Waals surface area contributed by atoms with E-state index < -0.39 is 9.84 Å². The Morgan fingerprint density at radius 2 is 2.18 bits per heavy atom. The minimum Gasteiger partial charge on any atom is -0.371 e. The van der Waals surface area contributed by atoms with Crippen LogP contribution in [0.3, 0.4) is 0 Å². The molecule has 5 rings (SSSR count). The van der Waals surface area contributed by atoms with Crippen LogP contribution in [-0.2, 0) is 9.84 Å². The van der Waals surface area contributed by atoms with Crippen LogP contribution < -0.4 is 4.90 Å². The number of rotatable bonds is 6. The Balaban J connectivity index is 1.40. The molecule has 10 nitrogen and oxygen atoms in total. The maximum Gasteiger partial charge on any atom is 0.192 e. The molecule has 1 aliphatic heterocycles. The number of sulfone groups is 1. The number of nitrogens with one attached hydrogen (secondary N) is 1. The fraction of sp³-hybridized carbons (Fsp3) is 0.318. The standard InChI is InChI=1S/C22H22N8O2S/c1-33(31,32)20-10-17(3-7-24-20)29-9-5-15(12-29)19(2-6-23)30-13-16(11-28-30)21-18-4-8-25-22(18)27-14-26-21/h3-4,7-8,10-11,13-15,19H,2,5,9,12H2,1H3,(H,25,26,27). The van der Waals surface area contributed by atoms with E-state index in [0.29, 0.717) is 13.0 Å². The van der Waals surface area contributed by atoms with E-state index in [1.807, 2.05) is 29.2 Å². The Morgan fingerprint density at radius 1 is 1.30 bits per heavy atom. The van der Waals surface area contributed by atoms with E-state index in [9.17, 15) is 13.7 Å². The van der Waals surface area contributed by atoms with Crippen molar-refractivity contribution in [3.63, 3.8) is 0 Å². The topological polar surface area (TPSA) is 133 Å². The Morgan fingerprint density at radius 3 is 3.00 bits per heavy atom. The molecule has 33 heavy (non-hydrogen) atoms. The van der Waals surface area contributed by atoms with Crippen molar-refractivity contribution in [1.82, 2.24) is 29.7 Å². The fourth-order valence-corrected chi connectivity index (χ4v) is 5.04. The molecule has 0 aromatic carbocycles. The van der Waals surface area contributed by atoms with Crippen LogP contribution in [0.5, 0.6) is 0 Å². The first-order chi connectivity index (χ1) is 15.9. The van der Waals surface area contributed by atoms with Gasteiger partial charge in [-0.1, -0.05) is 0 Å². The van der Waals surface area contributed by atoms with Gasteiger partial charge in [0.25, 0.3) is 0 Å². The summed E-state index contributed by atoms with van der Waals surface area (Å²) in [5.74, 6) is 0.185.